The van der Waals surface area contributed by atoms with Gasteiger partial charge in [-0.25, -0.2) is 0 Å². The molecule has 6 aromatic heterocycles. The third-order valence-corrected chi connectivity index (χ3v) is 19.2. The first-order valence-electron chi connectivity index (χ1n) is 28.7. The van der Waals surface area contributed by atoms with Gasteiger partial charge < -0.3 is 22.7 Å². The normalized spacial score (nSPS) is 12.3. The summed E-state index contributed by atoms with van der Waals surface area (Å²) in [4.78, 5) is 0. The van der Waals surface area contributed by atoms with Crippen molar-refractivity contribution in [2.45, 2.75) is 0 Å². The molecule has 0 aliphatic heterocycles. The second-order valence-corrected chi connectivity index (χ2v) is 23.4. The van der Waals surface area contributed by atoms with Crippen LogP contribution in [0.3, 0.4) is 0 Å². The molecule has 19 aromatic rings. The molecule has 390 valence electrons. The first kappa shape index (κ1) is 45.8. The van der Waals surface area contributed by atoms with Crippen LogP contribution in [0.25, 0.3) is 174 Å². The van der Waals surface area contributed by atoms with E-state index in [9.17, 15) is 0 Å². The van der Waals surface area contributed by atoms with E-state index >= 15 is 0 Å². The highest BCUT2D eigenvalue weighted by atomic mass is 32.1. The van der Waals surface area contributed by atoms with Gasteiger partial charge in [0.05, 0.1) is 49.8 Å². The molecule has 6 heterocycles. The Balaban J connectivity index is 0.789. The highest BCUT2D eigenvalue weighted by molar-refractivity contribution is 7.26. The minimum atomic E-state index is 0.880. The SMILES string of the molecule is c1ccc(-n2c3ccccc3c3cc4c5ccccc5n(-c5ccc(-c6cccc7c6sc6cccc(-c8ccc9c(c8)c8c%10c%11ccccc%11n(-c%11ccccc%11)c%10ccc8n9-c8cccc9c8oc8ccccc89)c67)cc5)c4cc32)cc1. The maximum absolute atomic E-state index is 6.81. The van der Waals surface area contributed by atoms with Crippen molar-refractivity contribution < 1.29 is 4.42 Å². The molecule has 5 nitrogen and oxygen atoms in total. The molecular weight excluding hydrogens is 1040 g/mol. The first-order valence-corrected chi connectivity index (χ1v) is 29.6. The fraction of sp³-hybridized carbons (Fsp3) is 0. The molecule has 0 spiro atoms. The summed E-state index contributed by atoms with van der Waals surface area (Å²) in [5.74, 6) is 0. The van der Waals surface area contributed by atoms with E-state index in [1.165, 1.54) is 119 Å². The van der Waals surface area contributed by atoms with Gasteiger partial charge in [0.1, 0.15) is 5.58 Å². The zero-order valence-corrected chi connectivity index (χ0v) is 46.0. The van der Waals surface area contributed by atoms with Crippen molar-refractivity contribution in [3.05, 3.63) is 279 Å². The molecule has 0 aliphatic carbocycles. The highest BCUT2D eigenvalue weighted by Gasteiger charge is 2.25. The molecule has 0 saturated heterocycles. The van der Waals surface area contributed by atoms with Crippen LogP contribution >= 0.6 is 11.3 Å². The number of aromatic nitrogens is 4. The topological polar surface area (TPSA) is 32.9 Å². The third kappa shape index (κ3) is 6.32. The van der Waals surface area contributed by atoms with Gasteiger partial charge in [0, 0.05) is 91.1 Å². The quantitative estimate of drug-likeness (QED) is 0.163. The predicted molar refractivity (Wildman–Crippen MR) is 355 cm³/mol. The van der Waals surface area contributed by atoms with Crippen LogP contribution in [0.1, 0.15) is 0 Å². The molecule has 84 heavy (non-hydrogen) atoms. The maximum Gasteiger partial charge on any atom is 0.159 e. The Labute approximate surface area is 484 Å². The molecule has 0 saturated carbocycles. The van der Waals surface area contributed by atoms with Gasteiger partial charge in [0.2, 0.25) is 0 Å². The number of rotatable bonds is 6. The van der Waals surface area contributed by atoms with Gasteiger partial charge in [0.15, 0.2) is 5.58 Å². The summed E-state index contributed by atoms with van der Waals surface area (Å²) >= 11 is 1.89. The summed E-state index contributed by atoms with van der Waals surface area (Å²) in [6, 6.07) is 103. The van der Waals surface area contributed by atoms with Gasteiger partial charge in [-0.1, -0.05) is 170 Å². The number of nitrogens with zero attached hydrogens (tertiary/aromatic N) is 4. The minimum absolute atomic E-state index is 0.880. The number of para-hydroxylation sites is 7. The van der Waals surface area contributed by atoms with Gasteiger partial charge in [-0.3, -0.25) is 0 Å². The van der Waals surface area contributed by atoms with Crippen molar-refractivity contribution in [3.8, 4) is 45.0 Å². The predicted octanol–water partition coefficient (Wildman–Crippen LogP) is 21.7. The van der Waals surface area contributed by atoms with Crippen molar-refractivity contribution in [2.75, 3.05) is 0 Å². The van der Waals surface area contributed by atoms with E-state index in [0.717, 1.165) is 55.7 Å². The molecule has 0 N–H and O–H groups in total. The Hall–Kier alpha value is -10.9. The van der Waals surface area contributed by atoms with E-state index in [1.807, 2.05) is 11.3 Å². The van der Waals surface area contributed by atoms with Gasteiger partial charge in [0.25, 0.3) is 0 Å². The zero-order chi connectivity index (χ0) is 54.7. The average Bonchev–Trinajstić information content (AvgIpc) is 1.76. The molecular formula is C78H46N4OS. The zero-order valence-electron chi connectivity index (χ0n) is 45.2. The van der Waals surface area contributed by atoms with Crippen LogP contribution in [0, 0.1) is 0 Å². The van der Waals surface area contributed by atoms with E-state index in [0.29, 0.717) is 0 Å². The van der Waals surface area contributed by atoms with Crippen molar-refractivity contribution in [2.24, 2.45) is 0 Å². The van der Waals surface area contributed by atoms with Crippen LogP contribution in [-0.2, 0) is 0 Å². The van der Waals surface area contributed by atoms with Gasteiger partial charge >= 0.3 is 0 Å². The van der Waals surface area contributed by atoms with E-state index in [2.05, 4.69) is 297 Å². The number of furan rings is 1. The average molecular weight is 1090 g/mol. The molecule has 6 heteroatoms. The summed E-state index contributed by atoms with van der Waals surface area (Å²) in [6.07, 6.45) is 0. The molecule has 19 rings (SSSR count). The van der Waals surface area contributed by atoms with Crippen LogP contribution in [-0.4, -0.2) is 18.3 Å². The van der Waals surface area contributed by atoms with Crippen molar-refractivity contribution in [1.82, 2.24) is 18.3 Å². The molecule has 0 aliphatic rings. The molecule has 0 bridgehead atoms. The Morgan fingerprint density at radius 2 is 0.762 bits per heavy atom. The Bertz CT molecular complexity index is 5970. The van der Waals surface area contributed by atoms with E-state index in [1.54, 1.807) is 0 Å². The molecule has 0 radical (unpaired) electrons. The summed E-state index contributed by atoms with van der Waals surface area (Å²) in [6.45, 7) is 0. The number of benzene rings is 13. The van der Waals surface area contributed by atoms with E-state index in [-0.39, 0.29) is 0 Å². The summed E-state index contributed by atoms with van der Waals surface area (Å²) in [5.41, 5.74) is 20.4. The Kier molecular flexibility index (Phi) is 9.43. The smallest absolute Gasteiger partial charge is 0.159 e. The lowest BCUT2D eigenvalue weighted by atomic mass is 9.96. The third-order valence-electron chi connectivity index (χ3n) is 18.0. The van der Waals surface area contributed by atoms with Crippen LogP contribution in [0.15, 0.2) is 283 Å². The van der Waals surface area contributed by atoms with Crippen LogP contribution in [0.4, 0.5) is 0 Å². The van der Waals surface area contributed by atoms with Gasteiger partial charge in [-0.15, -0.1) is 11.3 Å². The largest absolute Gasteiger partial charge is 0.454 e. The van der Waals surface area contributed by atoms with Crippen molar-refractivity contribution >= 4 is 141 Å². The lowest BCUT2D eigenvalue weighted by molar-refractivity contribution is 0.666. The molecule has 0 atom stereocenters. The van der Waals surface area contributed by atoms with E-state index < -0.39 is 0 Å². The number of hydrogen-bond acceptors (Lipinski definition) is 2. The van der Waals surface area contributed by atoms with Crippen LogP contribution < -0.4 is 0 Å². The number of fused-ring (bicyclic) bond motifs is 19. The standard InChI is InChI=1S/C78H46N4OS/c1-3-18-49(19-4-1)79-65-32-13-9-25-58(65)75-67(79)42-43-68-76(75)62-44-48(38-41-66(62)82(68)69-33-16-28-57-56-24-10-14-34-72(56)83-77(57)69)52-26-17-35-73-74(52)59-29-15-27-53(78(59)84-73)47-36-39-51(40-37-47)81-64-31-12-8-23-55(64)61-45-60-54-22-7-11-30-63(54)80(70(60)46-71(61)81)50-20-5-2-6-21-50/h1-46H. The molecule has 0 fully saturated rings. The van der Waals surface area contributed by atoms with E-state index in [4.69, 9.17) is 4.42 Å². The fourth-order valence-electron chi connectivity index (χ4n) is 14.4. The molecule has 0 amide bonds. The van der Waals surface area contributed by atoms with Crippen molar-refractivity contribution in [3.63, 3.8) is 0 Å². The fourth-order valence-corrected chi connectivity index (χ4v) is 15.7. The Morgan fingerprint density at radius 1 is 0.262 bits per heavy atom. The van der Waals surface area contributed by atoms with Crippen LogP contribution in [0.5, 0.6) is 0 Å². The van der Waals surface area contributed by atoms with Crippen LogP contribution in [0.2, 0.25) is 0 Å². The summed E-state index contributed by atoms with van der Waals surface area (Å²) in [5, 5.41) is 14.7. The lowest BCUT2D eigenvalue weighted by Crippen LogP contribution is -1.95. The summed E-state index contributed by atoms with van der Waals surface area (Å²) in [7, 11) is 0. The lowest BCUT2D eigenvalue weighted by Gasteiger charge is -2.11. The second-order valence-electron chi connectivity index (χ2n) is 22.3. The summed E-state index contributed by atoms with van der Waals surface area (Å²) < 4.78 is 19.1. The molecule has 13 aromatic carbocycles. The van der Waals surface area contributed by atoms with Gasteiger partial charge in [-0.2, -0.15) is 0 Å². The minimum Gasteiger partial charge on any atom is -0.454 e. The Morgan fingerprint density at radius 3 is 1.48 bits per heavy atom. The highest BCUT2D eigenvalue weighted by Crippen LogP contribution is 2.49. The maximum atomic E-state index is 6.81. The van der Waals surface area contributed by atoms with Gasteiger partial charge in [-0.05, 0) is 131 Å². The number of thiophene rings is 1. The molecule has 0 unspecified atom stereocenters. The van der Waals surface area contributed by atoms with Crippen molar-refractivity contribution in [1.29, 1.82) is 0 Å². The monoisotopic (exact) mass is 1090 g/mol. The number of hydrogen-bond donors (Lipinski definition) is 0. The first-order chi connectivity index (χ1) is 41.7. The second kappa shape index (κ2) is 17.3.